The third kappa shape index (κ3) is 6.31. The van der Waals surface area contributed by atoms with E-state index in [0.717, 1.165) is 58.3 Å². The summed E-state index contributed by atoms with van der Waals surface area (Å²) in [5.41, 5.74) is 5.90. The summed E-state index contributed by atoms with van der Waals surface area (Å²) in [4.78, 5) is 13.6. The van der Waals surface area contributed by atoms with Crippen molar-refractivity contribution in [2.75, 3.05) is 26.2 Å². The van der Waals surface area contributed by atoms with Gasteiger partial charge in [0, 0.05) is 19.5 Å². The minimum absolute atomic E-state index is 0. The van der Waals surface area contributed by atoms with Crippen LogP contribution in [0, 0.1) is 5.92 Å². The van der Waals surface area contributed by atoms with Gasteiger partial charge in [0.25, 0.3) is 0 Å². The molecule has 4 rings (SSSR count). The molecule has 2 aromatic rings. The molecule has 2 aromatic carbocycles. The van der Waals surface area contributed by atoms with Crippen molar-refractivity contribution in [1.82, 2.24) is 10.2 Å². The predicted molar refractivity (Wildman–Crippen MR) is 129 cm³/mol. The van der Waals surface area contributed by atoms with Crippen molar-refractivity contribution in [3.05, 3.63) is 70.8 Å². The second kappa shape index (κ2) is 12.5. The average molecular weight is 449 g/mol. The lowest BCUT2D eigenvalue weighted by molar-refractivity contribution is -0.108. The van der Waals surface area contributed by atoms with Crippen LogP contribution in [0.25, 0.3) is 0 Å². The maximum Gasteiger partial charge on any atom is 0.120 e. The number of carbonyl (C=O) groups is 1. The number of nitrogens with zero attached hydrogens (tertiary/aromatic N) is 1. The Bertz CT molecular complexity index is 784. The molecule has 0 bridgehead atoms. The van der Waals surface area contributed by atoms with Crippen LogP contribution in [0.15, 0.2) is 48.5 Å². The van der Waals surface area contributed by atoms with Gasteiger partial charge in [-0.25, -0.2) is 0 Å². The summed E-state index contributed by atoms with van der Waals surface area (Å²) in [5, 5.41) is 3.52. The average Bonchev–Trinajstić information content (AvgIpc) is 2.98. The molecule has 0 amide bonds. The quantitative estimate of drug-likeness (QED) is 0.643. The number of aldehydes is 1. The number of nitrogens with one attached hydrogen (secondary N) is 1. The van der Waals surface area contributed by atoms with E-state index >= 15 is 0 Å². The third-order valence-electron chi connectivity index (χ3n) is 6.55. The third-order valence-corrected chi connectivity index (χ3v) is 6.55. The second-order valence-electron chi connectivity index (χ2n) is 8.40. The SMILES string of the molecule is Cl.Cl.O=CCCC1CCN(Cc2ccccc2)CC1c1ccc2c(c1)CCNCC2. The molecule has 2 unspecified atom stereocenters. The Kier molecular flexibility index (Phi) is 10.3. The van der Waals surface area contributed by atoms with Crippen molar-refractivity contribution in [2.45, 2.75) is 44.6 Å². The normalized spacial score (nSPS) is 21.5. The van der Waals surface area contributed by atoms with Gasteiger partial charge in [-0.3, -0.25) is 4.90 Å². The highest BCUT2D eigenvalue weighted by atomic mass is 35.5. The lowest BCUT2D eigenvalue weighted by atomic mass is 9.77. The number of rotatable bonds is 6. The van der Waals surface area contributed by atoms with E-state index in [2.05, 4.69) is 58.7 Å². The second-order valence-corrected chi connectivity index (χ2v) is 8.40. The molecule has 2 aliphatic heterocycles. The first-order valence-electron chi connectivity index (χ1n) is 10.9. The van der Waals surface area contributed by atoms with Crippen LogP contribution in [0.3, 0.4) is 0 Å². The van der Waals surface area contributed by atoms with Crippen LogP contribution in [-0.4, -0.2) is 37.4 Å². The molecule has 1 saturated heterocycles. The lowest BCUT2D eigenvalue weighted by Gasteiger charge is -2.39. The lowest BCUT2D eigenvalue weighted by Crippen LogP contribution is -2.39. The smallest absolute Gasteiger partial charge is 0.120 e. The molecule has 164 valence electrons. The Balaban J connectivity index is 0.00000160. The van der Waals surface area contributed by atoms with Crippen molar-refractivity contribution in [1.29, 1.82) is 0 Å². The number of carbonyl (C=O) groups excluding carboxylic acids is 1. The van der Waals surface area contributed by atoms with Crippen molar-refractivity contribution in [2.24, 2.45) is 5.92 Å². The summed E-state index contributed by atoms with van der Waals surface area (Å²) in [7, 11) is 0. The highest BCUT2D eigenvalue weighted by Gasteiger charge is 2.30. The van der Waals surface area contributed by atoms with Crippen LogP contribution in [-0.2, 0) is 24.2 Å². The first-order valence-corrected chi connectivity index (χ1v) is 10.9. The Morgan fingerprint density at radius 2 is 1.77 bits per heavy atom. The van der Waals surface area contributed by atoms with E-state index in [4.69, 9.17) is 0 Å². The van der Waals surface area contributed by atoms with E-state index in [-0.39, 0.29) is 24.8 Å². The molecular formula is C25H34Cl2N2O. The Morgan fingerprint density at radius 1 is 1.00 bits per heavy atom. The fraction of sp³-hybridized carbons (Fsp3) is 0.480. The topological polar surface area (TPSA) is 32.3 Å². The summed E-state index contributed by atoms with van der Waals surface area (Å²) in [6.07, 6.45) is 6.25. The van der Waals surface area contributed by atoms with Gasteiger partial charge in [0.05, 0.1) is 0 Å². The summed E-state index contributed by atoms with van der Waals surface area (Å²) < 4.78 is 0. The zero-order chi connectivity index (χ0) is 19.2. The van der Waals surface area contributed by atoms with Gasteiger partial charge in [0.2, 0.25) is 0 Å². The number of fused-ring (bicyclic) bond motifs is 1. The summed E-state index contributed by atoms with van der Waals surface area (Å²) in [5.74, 6) is 1.14. The molecule has 1 fully saturated rings. The molecule has 2 aliphatic rings. The first kappa shape index (κ1) is 24.9. The van der Waals surface area contributed by atoms with Gasteiger partial charge in [-0.1, -0.05) is 48.5 Å². The molecule has 5 heteroatoms. The molecule has 3 nitrogen and oxygen atoms in total. The molecule has 0 spiro atoms. The van der Waals surface area contributed by atoms with Crippen molar-refractivity contribution in [3.8, 4) is 0 Å². The zero-order valence-corrected chi connectivity index (χ0v) is 19.2. The molecule has 30 heavy (non-hydrogen) atoms. The van der Waals surface area contributed by atoms with Crippen molar-refractivity contribution >= 4 is 31.1 Å². The number of piperidine rings is 1. The van der Waals surface area contributed by atoms with Gasteiger partial charge in [-0.15, -0.1) is 24.8 Å². The summed E-state index contributed by atoms with van der Waals surface area (Å²) >= 11 is 0. The van der Waals surface area contributed by atoms with E-state index < -0.39 is 0 Å². The van der Waals surface area contributed by atoms with Crippen LogP contribution >= 0.6 is 24.8 Å². The monoisotopic (exact) mass is 448 g/mol. The maximum atomic E-state index is 11.0. The van der Waals surface area contributed by atoms with Gasteiger partial charge in [0.15, 0.2) is 0 Å². The van der Waals surface area contributed by atoms with Crippen LogP contribution < -0.4 is 5.32 Å². The number of halogens is 2. The van der Waals surface area contributed by atoms with Crippen LogP contribution in [0.5, 0.6) is 0 Å². The van der Waals surface area contributed by atoms with E-state index in [1.165, 1.54) is 28.7 Å². The number of benzene rings is 2. The zero-order valence-electron chi connectivity index (χ0n) is 17.6. The first-order chi connectivity index (χ1) is 13.8. The van der Waals surface area contributed by atoms with Crippen LogP contribution in [0.2, 0.25) is 0 Å². The molecular weight excluding hydrogens is 415 g/mol. The van der Waals surface area contributed by atoms with Crippen LogP contribution in [0.4, 0.5) is 0 Å². The van der Waals surface area contributed by atoms with E-state index in [9.17, 15) is 4.79 Å². The molecule has 1 N–H and O–H groups in total. The van der Waals surface area contributed by atoms with Gasteiger partial charge < -0.3 is 10.1 Å². The van der Waals surface area contributed by atoms with Gasteiger partial charge in [-0.2, -0.15) is 0 Å². The highest BCUT2D eigenvalue weighted by Crippen LogP contribution is 2.36. The van der Waals surface area contributed by atoms with E-state index in [0.29, 0.717) is 18.3 Å². The number of hydrogen-bond acceptors (Lipinski definition) is 3. The minimum atomic E-state index is 0. The maximum absolute atomic E-state index is 11.0. The predicted octanol–water partition coefficient (Wildman–Crippen LogP) is 4.80. The fourth-order valence-electron chi connectivity index (χ4n) is 4.98. The van der Waals surface area contributed by atoms with E-state index in [1.807, 2.05) is 0 Å². The fourth-order valence-corrected chi connectivity index (χ4v) is 4.98. The largest absolute Gasteiger partial charge is 0.316 e. The summed E-state index contributed by atoms with van der Waals surface area (Å²) in [6.45, 7) is 5.41. The molecule has 0 aliphatic carbocycles. The molecule has 0 saturated carbocycles. The van der Waals surface area contributed by atoms with Gasteiger partial charge in [-0.05, 0) is 79.4 Å². The number of likely N-dealkylation sites (tertiary alicyclic amines) is 1. The van der Waals surface area contributed by atoms with Gasteiger partial charge >= 0.3 is 0 Å². The Hall–Kier alpha value is -1.39. The van der Waals surface area contributed by atoms with E-state index in [1.54, 1.807) is 0 Å². The molecule has 0 aromatic heterocycles. The standard InChI is InChI=1S/C25H32N2O.2ClH/c28-16-4-7-22-12-15-27(18-20-5-2-1-3-6-20)19-25(22)24-9-8-21-10-13-26-14-11-23(21)17-24;;/h1-3,5-6,8-9,16-17,22,25-26H,4,7,10-15,18-19H2;2*1H. The van der Waals surface area contributed by atoms with Crippen LogP contribution in [0.1, 0.15) is 47.4 Å². The van der Waals surface area contributed by atoms with Crippen molar-refractivity contribution in [3.63, 3.8) is 0 Å². The molecule has 0 radical (unpaired) electrons. The Morgan fingerprint density at radius 3 is 2.53 bits per heavy atom. The van der Waals surface area contributed by atoms with Crippen molar-refractivity contribution < 1.29 is 4.79 Å². The van der Waals surface area contributed by atoms with Gasteiger partial charge in [0.1, 0.15) is 6.29 Å². The number of hydrogen-bond donors (Lipinski definition) is 1. The highest BCUT2D eigenvalue weighted by molar-refractivity contribution is 5.85. The Labute approximate surface area is 193 Å². The minimum Gasteiger partial charge on any atom is -0.316 e. The molecule has 2 atom stereocenters. The summed E-state index contributed by atoms with van der Waals surface area (Å²) in [6, 6.07) is 18.0. The molecule has 2 heterocycles.